The van der Waals surface area contributed by atoms with Crippen LogP contribution in [0.15, 0.2) is 17.1 Å². The van der Waals surface area contributed by atoms with Crippen LogP contribution in [0.3, 0.4) is 0 Å². The molecule has 8 heteroatoms. The smallest absolute Gasteiger partial charge is 0.329 e. The van der Waals surface area contributed by atoms with Gasteiger partial charge in [-0.3, -0.25) is 14.6 Å². The number of hydrogen-bond acceptors (Lipinski definition) is 5. The fraction of sp³-hybridized carbons (Fsp3) is 0.375. The molecule has 0 saturated carbocycles. The Bertz CT molecular complexity index is 697. The van der Waals surface area contributed by atoms with E-state index < -0.39 is 17.8 Å². The van der Waals surface area contributed by atoms with Crippen LogP contribution in [-0.2, 0) is 9.53 Å². The van der Waals surface area contributed by atoms with Crippen LogP contribution >= 0.6 is 23.2 Å². The van der Waals surface area contributed by atoms with Crippen LogP contribution in [0.2, 0.25) is 10.0 Å². The summed E-state index contributed by atoms with van der Waals surface area (Å²) in [4.78, 5) is 27.8. The Morgan fingerprint density at radius 2 is 2.08 bits per heavy atom. The second-order valence-electron chi connectivity index (χ2n) is 4.99. The van der Waals surface area contributed by atoms with Crippen LogP contribution in [0.1, 0.15) is 31.1 Å². The summed E-state index contributed by atoms with van der Waals surface area (Å²) < 4.78 is 4.96. The van der Waals surface area contributed by atoms with Gasteiger partial charge in [-0.05, 0) is 32.9 Å². The lowest BCUT2D eigenvalue weighted by molar-refractivity contribution is -0.148. The van der Waals surface area contributed by atoms with Gasteiger partial charge in [-0.25, -0.2) is 0 Å². The fourth-order valence-corrected chi connectivity index (χ4v) is 2.30. The molecule has 0 aliphatic rings. The first-order valence-corrected chi connectivity index (χ1v) is 7.97. The average molecular weight is 370 g/mol. The molecule has 1 N–H and O–H groups in total. The lowest BCUT2D eigenvalue weighted by Gasteiger charge is -2.10. The number of halogens is 2. The van der Waals surface area contributed by atoms with Crippen LogP contribution in [0, 0.1) is 17.2 Å². The van der Waals surface area contributed by atoms with Crippen molar-refractivity contribution in [3.05, 3.63) is 27.7 Å². The molecule has 1 unspecified atom stereocenters. The van der Waals surface area contributed by atoms with Crippen molar-refractivity contribution in [2.24, 2.45) is 10.9 Å². The zero-order valence-corrected chi connectivity index (χ0v) is 15.0. The minimum absolute atomic E-state index is 0.0404. The highest BCUT2D eigenvalue weighted by Crippen LogP contribution is 2.33. The number of nitriles is 1. The van der Waals surface area contributed by atoms with Gasteiger partial charge in [-0.1, -0.05) is 23.2 Å². The molecule has 0 spiro atoms. The fourth-order valence-electron chi connectivity index (χ4n) is 1.71. The number of carbonyl (C=O) groups excluding carboxylic acids is 2. The molecule has 0 bridgehead atoms. The molecule has 6 nitrogen and oxygen atoms in total. The number of carbonyl (C=O) groups is 2. The van der Waals surface area contributed by atoms with Crippen molar-refractivity contribution >= 4 is 47.0 Å². The number of aliphatic imine (C=N–C) groups is 1. The molecule has 24 heavy (non-hydrogen) atoms. The van der Waals surface area contributed by atoms with Crippen molar-refractivity contribution in [3.8, 4) is 6.07 Å². The highest BCUT2D eigenvalue weighted by Gasteiger charge is 2.20. The quantitative estimate of drug-likeness (QED) is 0.612. The van der Waals surface area contributed by atoms with Gasteiger partial charge < -0.3 is 10.1 Å². The van der Waals surface area contributed by atoms with E-state index in [0.717, 1.165) is 6.21 Å². The number of rotatable bonds is 6. The summed E-state index contributed by atoms with van der Waals surface area (Å²) in [6.07, 6.45) is 0.784. The normalized spacial score (nSPS) is 12.0. The highest BCUT2D eigenvalue weighted by atomic mass is 35.5. The Hall–Kier alpha value is -2.10. The van der Waals surface area contributed by atoms with E-state index in [1.165, 1.54) is 12.1 Å². The third-order valence-electron chi connectivity index (χ3n) is 2.74. The van der Waals surface area contributed by atoms with Gasteiger partial charge in [0.25, 0.3) is 5.91 Å². The van der Waals surface area contributed by atoms with E-state index in [0.29, 0.717) is 6.54 Å². The van der Waals surface area contributed by atoms with Gasteiger partial charge in [0.2, 0.25) is 0 Å². The standard InChI is InChI=1S/C16H17Cl2N3O3/c1-4-20-15(22)13-11(17)5-6-12(14(13)18)21-8-10(7-19)16(23)24-9(2)3/h5-6,8-10H,4H2,1-3H3,(H,20,22). The zero-order valence-electron chi connectivity index (χ0n) is 13.5. The predicted molar refractivity (Wildman–Crippen MR) is 93.0 cm³/mol. The van der Waals surface area contributed by atoms with Crippen LogP contribution in [-0.4, -0.2) is 30.7 Å². The number of nitrogens with one attached hydrogen (secondary N) is 1. The molecule has 0 aliphatic heterocycles. The van der Waals surface area contributed by atoms with Gasteiger partial charge in [0.05, 0.1) is 33.5 Å². The van der Waals surface area contributed by atoms with E-state index in [1.54, 1.807) is 26.8 Å². The molecule has 0 heterocycles. The molecular formula is C16H17Cl2N3O3. The lowest BCUT2D eigenvalue weighted by atomic mass is 10.1. The van der Waals surface area contributed by atoms with Gasteiger partial charge in [-0.2, -0.15) is 5.26 Å². The Labute approximate surface area is 150 Å². The van der Waals surface area contributed by atoms with E-state index in [2.05, 4.69) is 10.3 Å². The minimum Gasteiger partial charge on any atom is -0.462 e. The van der Waals surface area contributed by atoms with Crippen LogP contribution in [0.4, 0.5) is 5.69 Å². The number of amides is 1. The number of benzene rings is 1. The van der Waals surface area contributed by atoms with Crippen molar-refractivity contribution in [2.45, 2.75) is 26.9 Å². The molecule has 0 fully saturated rings. The molecule has 0 aromatic heterocycles. The van der Waals surface area contributed by atoms with Crippen LogP contribution in [0.25, 0.3) is 0 Å². The first-order chi connectivity index (χ1) is 11.3. The van der Waals surface area contributed by atoms with Crippen molar-refractivity contribution < 1.29 is 14.3 Å². The Balaban J connectivity index is 3.11. The molecule has 1 aromatic carbocycles. The number of ether oxygens (including phenoxy) is 1. The zero-order chi connectivity index (χ0) is 18.3. The SMILES string of the molecule is CCNC(=O)c1c(Cl)ccc(N=CC(C#N)C(=O)OC(C)C)c1Cl. The molecule has 128 valence electrons. The third kappa shape index (κ3) is 5.22. The van der Waals surface area contributed by atoms with Gasteiger partial charge in [0.1, 0.15) is 0 Å². The summed E-state index contributed by atoms with van der Waals surface area (Å²) >= 11 is 12.2. The Morgan fingerprint density at radius 3 is 2.62 bits per heavy atom. The lowest BCUT2D eigenvalue weighted by Crippen LogP contribution is -2.23. The van der Waals surface area contributed by atoms with Crippen molar-refractivity contribution in [2.75, 3.05) is 6.54 Å². The largest absolute Gasteiger partial charge is 0.462 e. The number of nitrogens with zero attached hydrogens (tertiary/aromatic N) is 2. The van der Waals surface area contributed by atoms with Crippen LogP contribution < -0.4 is 5.32 Å². The van der Waals surface area contributed by atoms with E-state index in [1.807, 2.05) is 0 Å². The van der Waals surface area contributed by atoms with Crippen molar-refractivity contribution in [1.82, 2.24) is 5.32 Å². The predicted octanol–water partition coefficient (Wildman–Crippen LogP) is 3.54. The second-order valence-corrected chi connectivity index (χ2v) is 5.77. The van der Waals surface area contributed by atoms with Gasteiger partial charge in [0.15, 0.2) is 5.92 Å². The summed E-state index contributed by atoms with van der Waals surface area (Å²) in [7, 11) is 0. The minimum atomic E-state index is -1.17. The maximum atomic E-state index is 12.0. The van der Waals surface area contributed by atoms with E-state index in [4.69, 9.17) is 33.2 Å². The van der Waals surface area contributed by atoms with Crippen LogP contribution in [0.5, 0.6) is 0 Å². The van der Waals surface area contributed by atoms with Crippen molar-refractivity contribution in [3.63, 3.8) is 0 Å². The topological polar surface area (TPSA) is 91.5 Å². The first kappa shape index (κ1) is 19.9. The molecule has 1 aromatic rings. The molecule has 0 radical (unpaired) electrons. The molecule has 1 atom stereocenters. The third-order valence-corrected chi connectivity index (χ3v) is 3.44. The molecule has 0 saturated heterocycles. The Morgan fingerprint density at radius 1 is 1.42 bits per heavy atom. The van der Waals surface area contributed by atoms with Crippen molar-refractivity contribution in [1.29, 1.82) is 5.26 Å². The summed E-state index contributed by atoms with van der Waals surface area (Å²) in [5.41, 5.74) is 0.313. The Kier molecular flexibility index (Phi) is 7.69. The maximum absolute atomic E-state index is 12.0. The monoisotopic (exact) mass is 369 g/mol. The molecule has 0 aliphatic carbocycles. The van der Waals surface area contributed by atoms with E-state index in [9.17, 15) is 9.59 Å². The molecular weight excluding hydrogens is 353 g/mol. The summed E-state index contributed by atoms with van der Waals surface area (Å²) in [6.45, 7) is 5.53. The van der Waals surface area contributed by atoms with Gasteiger partial charge >= 0.3 is 5.97 Å². The summed E-state index contributed by atoms with van der Waals surface area (Å²) in [5.74, 6) is -2.31. The summed E-state index contributed by atoms with van der Waals surface area (Å²) in [6, 6.07) is 4.76. The maximum Gasteiger partial charge on any atom is 0.329 e. The van der Waals surface area contributed by atoms with Gasteiger partial charge in [-0.15, -0.1) is 0 Å². The molecule has 1 rings (SSSR count). The number of esters is 1. The molecule has 1 amide bonds. The summed E-state index contributed by atoms with van der Waals surface area (Å²) in [5, 5.41) is 11.9. The van der Waals surface area contributed by atoms with E-state index >= 15 is 0 Å². The highest BCUT2D eigenvalue weighted by molar-refractivity contribution is 6.41. The van der Waals surface area contributed by atoms with Gasteiger partial charge in [0, 0.05) is 12.8 Å². The first-order valence-electron chi connectivity index (χ1n) is 7.22. The second kappa shape index (κ2) is 9.26. The number of hydrogen-bond donors (Lipinski definition) is 1. The van der Waals surface area contributed by atoms with E-state index in [-0.39, 0.29) is 27.4 Å². The average Bonchev–Trinajstić information content (AvgIpc) is 2.49.